The van der Waals surface area contributed by atoms with Crippen LogP contribution in [0.15, 0.2) is 36.4 Å². The van der Waals surface area contributed by atoms with Gasteiger partial charge in [-0.1, -0.05) is 12.1 Å². The Morgan fingerprint density at radius 3 is 1.65 bits per heavy atom. The number of phenols is 1. The van der Waals surface area contributed by atoms with Gasteiger partial charge in [0.2, 0.25) is 12.6 Å². The van der Waals surface area contributed by atoms with Crippen LogP contribution in [0.25, 0.3) is 0 Å². The molecule has 352 valence electrons. The predicted molar refractivity (Wildman–Crippen MR) is 200 cm³/mol. The van der Waals surface area contributed by atoms with Crippen LogP contribution in [-0.4, -0.2) is 220 Å². The summed E-state index contributed by atoms with van der Waals surface area (Å²) in [5.74, 6) is -1.46. The van der Waals surface area contributed by atoms with Crippen molar-refractivity contribution in [2.75, 3.05) is 19.8 Å². The second-order valence-electron chi connectivity index (χ2n) is 15.8. The first kappa shape index (κ1) is 47.5. The standard InChI is InChI=1S/C39H52O24/c1-12-24(45)28(49)31(52)36(55-12)63-35-34(62-38-33(54)30(51)26(47)21(10-41)60-38)27(48)22(11-42)61-39(35)57-15-6-16(43)23-17(44)8-18(58-19(23)7-15)13-2-4-14(5-3-13)56-37-32(53)29(50)25(46)20(9-40)59-37/h2-7,12,18,20-22,24-43,45-54H,8-11H2,1H3/t12?,18?,20?,21?,22?,24-,25+,26+,27+,28-,29+,30+,31?,32?,33?,34+,35?,36-,37-,38+,39+/m0/s1. The van der Waals surface area contributed by atoms with Crippen LogP contribution < -0.4 is 14.2 Å². The average molecular weight is 905 g/mol. The van der Waals surface area contributed by atoms with E-state index >= 15 is 0 Å². The van der Waals surface area contributed by atoms with Crippen LogP contribution in [0.5, 0.6) is 23.0 Å². The summed E-state index contributed by atoms with van der Waals surface area (Å²) in [7, 11) is 0. The molecule has 4 fully saturated rings. The fourth-order valence-corrected chi connectivity index (χ4v) is 7.91. The van der Waals surface area contributed by atoms with Crippen molar-refractivity contribution in [1.82, 2.24) is 0 Å². The number of rotatable bonds is 12. The maximum atomic E-state index is 13.4. The van der Waals surface area contributed by atoms with E-state index in [-0.39, 0.29) is 29.2 Å². The van der Waals surface area contributed by atoms with Gasteiger partial charge in [0, 0.05) is 12.1 Å². The molecule has 4 saturated heterocycles. The molecule has 24 heteroatoms. The molecular formula is C39H52O24. The predicted octanol–water partition coefficient (Wildman–Crippen LogP) is -5.87. The van der Waals surface area contributed by atoms with Crippen molar-refractivity contribution in [2.45, 2.75) is 142 Å². The highest BCUT2D eigenvalue weighted by Crippen LogP contribution is 2.43. The van der Waals surface area contributed by atoms with Gasteiger partial charge in [0.25, 0.3) is 0 Å². The zero-order valence-electron chi connectivity index (χ0n) is 33.3. The number of fused-ring (bicyclic) bond motifs is 1. The summed E-state index contributed by atoms with van der Waals surface area (Å²) < 4.78 is 52.1. The summed E-state index contributed by atoms with van der Waals surface area (Å²) in [5, 5.41) is 146. The van der Waals surface area contributed by atoms with E-state index < -0.39 is 160 Å². The largest absolute Gasteiger partial charge is 0.507 e. The lowest BCUT2D eigenvalue weighted by molar-refractivity contribution is -0.383. The number of aliphatic hydroxyl groups excluding tert-OH is 13. The lowest BCUT2D eigenvalue weighted by Gasteiger charge is -2.48. The Bertz CT molecular complexity index is 1850. The molecule has 2 aromatic rings. The van der Waals surface area contributed by atoms with E-state index in [1.165, 1.54) is 37.3 Å². The molecule has 14 N–H and O–H groups in total. The van der Waals surface area contributed by atoms with Gasteiger partial charge in [-0.15, -0.1) is 0 Å². The van der Waals surface area contributed by atoms with Crippen LogP contribution in [0.2, 0.25) is 0 Å². The number of benzene rings is 2. The van der Waals surface area contributed by atoms with E-state index in [2.05, 4.69) is 0 Å². The fourth-order valence-electron chi connectivity index (χ4n) is 7.91. The lowest BCUT2D eigenvalue weighted by Crippen LogP contribution is -2.67. The molecule has 63 heavy (non-hydrogen) atoms. The molecule has 9 unspecified atom stereocenters. The minimum atomic E-state index is -2.00. The van der Waals surface area contributed by atoms with E-state index in [0.717, 1.165) is 6.07 Å². The maximum absolute atomic E-state index is 13.4. The molecule has 0 aromatic heterocycles. The molecule has 2 aromatic carbocycles. The van der Waals surface area contributed by atoms with E-state index in [4.69, 9.17) is 42.6 Å². The van der Waals surface area contributed by atoms with Gasteiger partial charge in [-0.2, -0.15) is 0 Å². The molecule has 5 aliphatic heterocycles. The molecule has 21 atom stereocenters. The quantitative estimate of drug-likeness (QED) is 0.0943. The molecule has 5 aliphatic rings. The normalized spacial score (nSPS) is 43.1. The Morgan fingerprint density at radius 1 is 0.556 bits per heavy atom. The smallest absolute Gasteiger partial charge is 0.229 e. The second-order valence-corrected chi connectivity index (χ2v) is 15.8. The molecule has 5 heterocycles. The number of phenolic OH excluding ortho intramolecular Hbond substituents is 1. The first-order valence-corrected chi connectivity index (χ1v) is 20.0. The maximum Gasteiger partial charge on any atom is 0.229 e. The summed E-state index contributed by atoms with van der Waals surface area (Å²) in [5.41, 5.74) is 0.219. The molecule has 0 saturated carbocycles. The number of Topliss-reactive ketones (excluding diaryl/α,β-unsaturated/α-hetero) is 1. The minimum absolute atomic E-state index is 0.134. The summed E-state index contributed by atoms with van der Waals surface area (Å²) in [6, 6.07) is 8.16. The van der Waals surface area contributed by atoms with Crippen LogP contribution >= 0.6 is 0 Å². The van der Waals surface area contributed by atoms with Gasteiger partial charge < -0.3 is 114 Å². The van der Waals surface area contributed by atoms with Crippen molar-refractivity contribution < 1.29 is 119 Å². The molecular weight excluding hydrogens is 852 g/mol. The van der Waals surface area contributed by atoms with Crippen LogP contribution in [0, 0.1) is 0 Å². The summed E-state index contributed by atoms with van der Waals surface area (Å²) >= 11 is 0. The third kappa shape index (κ3) is 9.48. The number of carbonyl (C=O) groups is 1. The minimum Gasteiger partial charge on any atom is -0.507 e. The van der Waals surface area contributed by atoms with Gasteiger partial charge in [-0.3, -0.25) is 4.79 Å². The first-order valence-electron chi connectivity index (χ1n) is 20.0. The number of carbonyl (C=O) groups excluding carboxylic acids is 1. The molecule has 0 bridgehead atoms. The Hall–Kier alpha value is -3.45. The molecule has 0 aliphatic carbocycles. The molecule has 0 spiro atoms. The fraction of sp³-hybridized carbons (Fsp3) is 0.667. The van der Waals surface area contributed by atoms with Gasteiger partial charge in [-0.25, -0.2) is 0 Å². The molecule has 0 amide bonds. The highest BCUT2D eigenvalue weighted by atomic mass is 16.8. The topological polar surface area (TPSA) is 383 Å². The Labute approximate surface area is 357 Å². The molecule has 24 nitrogen and oxygen atoms in total. The van der Waals surface area contributed by atoms with Crippen molar-refractivity contribution in [3.8, 4) is 23.0 Å². The monoisotopic (exact) mass is 904 g/mol. The van der Waals surface area contributed by atoms with Gasteiger partial charge in [-0.05, 0) is 24.6 Å². The second kappa shape index (κ2) is 19.6. The third-order valence-electron chi connectivity index (χ3n) is 11.6. The van der Waals surface area contributed by atoms with E-state index in [1.807, 2.05) is 0 Å². The number of aliphatic hydroxyl groups is 13. The van der Waals surface area contributed by atoms with E-state index in [9.17, 15) is 76.3 Å². The zero-order chi connectivity index (χ0) is 45.6. The van der Waals surface area contributed by atoms with Crippen molar-refractivity contribution in [1.29, 1.82) is 0 Å². The number of hydrogen-bond donors (Lipinski definition) is 14. The molecule has 0 radical (unpaired) electrons. The highest BCUT2D eigenvalue weighted by Gasteiger charge is 2.55. The number of hydrogen-bond acceptors (Lipinski definition) is 24. The van der Waals surface area contributed by atoms with Crippen molar-refractivity contribution in [2.24, 2.45) is 0 Å². The van der Waals surface area contributed by atoms with Crippen molar-refractivity contribution >= 4 is 5.78 Å². The van der Waals surface area contributed by atoms with Crippen LogP contribution in [0.3, 0.4) is 0 Å². The van der Waals surface area contributed by atoms with Gasteiger partial charge in [0.1, 0.15) is 120 Å². The van der Waals surface area contributed by atoms with Gasteiger partial charge in [0.05, 0.1) is 32.3 Å². The Kier molecular flexibility index (Phi) is 14.8. The zero-order valence-corrected chi connectivity index (χ0v) is 33.3. The van der Waals surface area contributed by atoms with Gasteiger partial charge >= 0.3 is 0 Å². The lowest BCUT2D eigenvalue weighted by atomic mass is 9.95. The van der Waals surface area contributed by atoms with Crippen LogP contribution in [0.4, 0.5) is 0 Å². The first-order chi connectivity index (χ1) is 29.9. The number of aromatic hydroxyl groups is 1. The van der Waals surface area contributed by atoms with Crippen LogP contribution in [0.1, 0.15) is 35.4 Å². The average Bonchev–Trinajstić information content (AvgIpc) is 3.26. The Morgan fingerprint density at radius 2 is 1.05 bits per heavy atom. The Balaban J connectivity index is 1.14. The van der Waals surface area contributed by atoms with E-state index in [1.54, 1.807) is 0 Å². The van der Waals surface area contributed by atoms with Crippen molar-refractivity contribution in [3.63, 3.8) is 0 Å². The van der Waals surface area contributed by atoms with Gasteiger partial charge in [0.15, 0.2) is 24.5 Å². The summed E-state index contributed by atoms with van der Waals surface area (Å²) in [6.07, 6.45) is -35.0. The van der Waals surface area contributed by atoms with Crippen molar-refractivity contribution in [3.05, 3.63) is 47.5 Å². The SMILES string of the molecule is CC1O[C@@H](OC2[C@H](Oc3cc(O)c4c(c3)OC(c3ccc(O[C@H]5OC(CO)[C@@H](O)[C@@H](O)C5O)cc3)CC4=O)OC(CO)[C@@H](O)[C@H]2O[C@H]2OC(CO)[C@@H](O)[C@@H](O)C2O)C(O)[C@@H](O)[C@H]1O. The third-order valence-corrected chi connectivity index (χ3v) is 11.6. The number of ether oxygens (including phenoxy) is 9. The summed E-state index contributed by atoms with van der Waals surface area (Å²) in [4.78, 5) is 13.4. The van der Waals surface area contributed by atoms with Crippen LogP contribution in [-0.2, 0) is 28.4 Å². The van der Waals surface area contributed by atoms with E-state index in [0.29, 0.717) is 5.56 Å². The molecule has 7 rings (SSSR count). The highest BCUT2D eigenvalue weighted by molar-refractivity contribution is 6.02. The summed E-state index contributed by atoms with van der Waals surface area (Å²) in [6.45, 7) is -1.04. The number of ketones is 1.